The summed E-state index contributed by atoms with van der Waals surface area (Å²) in [6.07, 6.45) is 14.1. The van der Waals surface area contributed by atoms with Crippen LogP contribution in [-0.4, -0.2) is 0 Å². The second-order valence-electron chi connectivity index (χ2n) is 11.8. The van der Waals surface area contributed by atoms with E-state index in [4.69, 9.17) is 0 Å². The molecule has 0 saturated heterocycles. The fraction of sp³-hybridized carbons (Fsp3) is 0.778. The van der Waals surface area contributed by atoms with Crippen LogP contribution in [0.5, 0.6) is 0 Å². The van der Waals surface area contributed by atoms with Gasteiger partial charge >= 0.3 is 0 Å². The summed E-state index contributed by atoms with van der Waals surface area (Å²) >= 11 is 0. The molecule has 0 N–H and O–H groups in total. The van der Waals surface area contributed by atoms with Gasteiger partial charge in [-0.15, -0.1) is 0 Å². The maximum absolute atomic E-state index is 2.70. The molecule has 2 saturated carbocycles. The predicted molar refractivity (Wildman–Crippen MR) is 115 cm³/mol. The van der Waals surface area contributed by atoms with E-state index in [0.717, 1.165) is 17.8 Å². The second-order valence-corrected chi connectivity index (χ2v) is 11.8. The molecule has 5 rings (SSSR count). The van der Waals surface area contributed by atoms with Crippen molar-refractivity contribution in [2.75, 3.05) is 0 Å². The maximum Gasteiger partial charge on any atom is -0.00387 e. The lowest BCUT2D eigenvalue weighted by molar-refractivity contribution is -0.110. The number of fused-ring (bicyclic) bond motifs is 7. The lowest BCUT2D eigenvalue weighted by atomic mass is 9.40. The van der Waals surface area contributed by atoms with E-state index in [2.05, 4.69) is 46.8 Å². The fourth-order valence-corrected chi connectivity index (χ4v) is 9.02. The van der Waals surface area contributed by atoms with E-state index in [1.54, 1.807) is 22.3 Å². The van der Waals surface area contributed by atoms with Crippen LogP contribution in [0.1, 0.15) is 114 Å². The number of hydrogen-bond acceptors (Lipinski definition) is 0. The Hall–Kier alpha value is -0.780. The minimum absolute atomic E-state index is 0.422. The average molecular weight is 365 g/mol. The zero-order chi connectivity index (χ0) is 19.0. The molecule has 0 radical (unpaired) electrons. The third kappa shape index (κ3) is 2.34. The lowest BCUT2D eigenvalue weighted by Gasteiger charge is -2.64. The van der Waals surface area contributed by atoms with Crippen LogP contribution in [0.2, 0.25) is 0 Å². The first-order valence-corrected chi connectivity index (χ1v) is 12.0. The molecule has 4 aliphatic carbocycles. The molecular weight excluding hydrogens is 324 g/mol. The Morgan fingerprint density at radius 1 is 0.852 bits per heavy atom. The van der Waals surface area contributed by atoms with Crippen molar-refractivity contribution in [2.45, 2.75) is 110 Å². The summed E-state index contributed by atoms with van der Waals surface area (Å²) in [5.41, 5.74) is 8.60. The van der Waals surface area contributed by atoms with Gasteiger partial charge in [0.05, 0.1) is 0 Å². The molecule has 0 heteroatoms. The van der Waals surface area contributed by atoms with Crippen molar-refractivity contribution < 1.29 is 0 Å². The summed E-state index contributed by atoms with van der Waals surface area (Å²) in [5.74, 6) is 2.65. The largest absolute Gasteiger partial charge is 0.0648 e. The van der Waals surface area contributed by atoms with Gasteiger partial charge in [0, 0.05) is 0 Å². The Morgan fingerprint density at radius 3 is 2.41 bits per heavy atom. The standard InChI is InChI=1S/C27H40/c1-6-18-8-9-20-19(18)10-12-22-21(20)11-13-24-26(22,4)17-14-23-25(2,3)15-7-16-27(23,24)5/h10,12,18,23-24H,6-9,11,13-17H2,1-5H3. The van der Waals surface area contributed by atoms with Crippen LogP contribution in [0.3, 0.4) is 0 Å². The van der Waals surface area contributed by atoms with Crippen LogP contribution in [-0.2, 0) is 18.3 Å². The Morgan fingerprint density at radius 2 is 1.63 bits per heavy atom. The van der Waals surface area contributed by atoms with E-state index in [1.807, 2.05) is 0 Å². The minimum atomic E-state index is 0.422. The van der Waals surface area contributed by atoms with E-state index >= 15 is 0 Å². The highest BCUT2D eigenvalue weighted by Crippen LogP contribution is 2.67. The molecule has 0 heterocycles. The smallest absolute Gasteiger partial charge is 0.00387 e. The van der Waals surface area contributed by atoms with Crippen molar-refractivity contribution in [1.82, 2.24) is 0 Å². The third-order valence-corrected chi connectivity index (χ3v) is 10.2. The molecule has 1 aromatic rings. The maximum atomic E-state index is 2.70. The first-order chi connectivity index (χ1) is 12.8. The van der Waals surface area contributed by atoms with Gasteiger partial charge in [0.25, 0.3) is 0 Å². The highest BCUT2D eigenvalue weighted by atomic mass is 14.6. The highest BCUT2D eigenvalue weighted by Gasteiger charge is 2.59. The topological polar surface area (TPSA) is 0 Å². The zero-order valence-electron chi connectivity index (χ0n) is 18.5. The lowest BCUT2D eigenvalue weighted by Crippen LogP contribution is -2.57. The van der Waals surface area contributed by atoms with Gasteiger partial charge in [-0.05, 0) is 114 Å². The van der Waals surface area contributed by atoms with Gasteiger partial charge in [-0.25, -0.2) is 0 Å². The van der Waals surface area contributed by atoms with E-state index in [0.29, 0.717) is 16.2 Å². The summed E-state index contributed by atoms with van der Waals surface area (Å²) < 4.78 is 0. The Balaban J connectivity index is 1.59. The summed E-state index contributed by atoms with van der Waals surface area (Å²) in [5, 5.41) is 0. The van der Waals surface area contributed by atoms with Gasteiger partial charge in [-0.2, -0.15) is 0 Å². The van der Waals surface area contributed by atoms with E-state index < -0.39 is 0 Å². The molecule has 0 nitrogen and oxygen atoms in total. The molecule has 0 spiro atoms. The van der Waals surface area contributed by atoms with E-state index in [9.17, 15) is 0 Å². The summed E-state index contributed by atoms with van der Waals surface area (Å²) in [7, 11) is 0. The Bertz CT molecular complexity index is 756. The average Bonchev–Trinajstić information content (AvgIpc) is 3.04. The highest BCUT2D eigenvalue weighted by molar-refractivity contribution is 5.50. The summed E-state index contributed by atoms with van der Waals surface area (Å²) in [6.45, 7) is 12.9. The predicted octanol–water partition coefficient (Wildman–Crippen LogP) is 7.57. The molecule has 0 amide bonds. The second kappa shape index (κ2) is 5.87. The molecule has 4 aliphatic rings. The van der Waals surface area contributed by atoms with Crippen LogP contribution in [0.4, 0.5) is 0 Å². The van der Waals surface area contributed by atoms with Gasteiger partial charge in [-0.3, -0.25) is 0 Å². The van der Waals surface area contributed by atoms with Crippen LogP contribution >= 0.6 is 0 Å². The molecular formula is C27H40. The molecule has 1 aromatic carbocycles. The van der Waals surface area contributed by atoms with E-state index in [-0.39, 0.29) is 0 Å². The number of benzene rings is 1. The Labute approximate surface area is 167 Å². The summed E-state index contributed by atoms with van der Waals surface area (Å²) in [4.78, 5) is 0. The number of rotatable bonds is 1. The monoisotopic (exact) mass is 364 g/mol. The van der Waals surface area contributed by atoms with Crippen molar-refractivity contribution in [2.24, 2.45) is 22.7 Å². The first kappa shape index (κ1) is 18.3. The van der Waals surface area contributed by atoms with Gasteiger partial charge in [0.2, 0.25) is 0 Å². The first-order valence-electron chi connectivity index (χ1n) is 12.0. The number of hydrogen-bond donors (Lipinski definition) is 0. The van der Waals surface area contributed by atoms with Gasteiger partial charge < -0.3 is 0 Å². The normalized spacial score (nSPS) is 42.0. The van der Waals surface area contributed by atoms with Crippen LogP contribution < -0.4 is 0 Å². The quantitative estimate of drug-likeness (QED) is 0.482. The molecule has 2 fully saturated rings. The van der Waals surface area contributed by atoms with Crippen LogP contribution in [0.15, 0.2) is 12.1 Å². The molecule has 27 heavy (non-hydrogen) atoms. The van der Waals surface area contributed by atoms with Crippen molar-refractivity contribution in [3.05, 3.63) is 34.4 Å². The van der Waals surface area contributed by atoms with E-state index in [1.165, 1.54) is 64.2 Å². The zero-order valence-corrected chi connectivity index (χ0v) is 18.5. The third-order valence-electron chi connectivity index (χ3n) is 10.2. The Kier molecular flexibility index (Phi) is 3.97. The van der Waals surface area contributed by atoms with Gasteiger partial charge in [0.1, 0.15) is 0 Å². The van der Waals surface area contributed by atoms with Gasteiger partial charge in [-0.1, -0.05) is 53.2 Å². The molecule has 0 aliphatic heterocycles. The molecule has 148 valence electrons. The molecule has 0 aromatic heterocycles. The molecule has 5 atom stereocenters. The molecule has 5 unspecified atom stereocenters. The van der Waals surface area contributed by atoms with Gasteiger partial charge in [0.15, 0.2) is 0 Å². The summed E-state index contributed by atoms with van der Waals surface area (Å²) in [6, 6.07) is 5.16. The minimum Gasteiger partial charge on any atom is -0.0648 e. The van der Waals surface area contributed by atoms with Crippen molar-refractivity contribution in [3.8, 4) is 0 Å². The fourth-order valence-electron chi connectivity index (χ4n) is 9.02. The van der Waals surface area contributed by atoms with Crippen LogP contribution in [0.25, 0.3) is 0 Å². The SMILES string of the molecule is CCC1CCc2c1ccc1c2CCC2C1(C)CCC1C(C)(C)CCCC12C. The van der Waals surface area contributed by atoms with Crippen molar-refractivity contribution in [1.29, 1.82) is 0 Å². The van der Waals surface area contributed by atoms with Crippen LogP contribution in [0, 0.1) is 22.7 Å². The molecule has 0 bridgehead atoms. The van der Waals surface area contributed by atoms with Crippen molar-refractivity contribution in [3.63, 3.8) is 0 Å². The van der Waals surface area contributed by atoms with Crippen molar-refractivity contribution >= 4 is 0 Å².